The lowest BCUT2D eigenvalue weighted by molar-refractivity contribution is -0.123. The molecule has 1 aliphatic rings. The van der Waals surface area contributed by atoms with Crippen molar-refractivity contribution in [1.82, 2.24) is 9.88 Å². The van der Waals surface area contributed by atoms with Crippen molar-refractivity contribution in [2.45, 2.75) is 19.4 Å². The van der Waals surface area contributed by atoms with E-state index in [2.05, 4.69) is 9.88 Å². The van der Waals surface area contributed by atoms with Crippen LogP contribution in [0.25, 0.3) is 11.3 Å². The van der Waals surface area contributed by atoms with Gasteiger partial charge in [-0.2, -0.15) is 0 Å². The van der Waals surface area contributed by atoms with Crippen LogP contribution in [0.5, 0.6) is 0 Å². The first kappa shape index (κ1) is 14.7. The van der Waals surface area contributed by atoms with Gasteiger partial charge in [-0.25, -0.2) is 9.37 Å². The zero-order valence-electron chi connectivity index (χ0n) is 12.2. The molecule has 5 nitrogen and oxygen atoms in total. The monoisotopic (exact) mass is 303 g/mol. The summed E-state index contributed by atoms with van der Waals surface area (Å²) in [7, 11) is 0. The van der Waals surface area contributed by atoms with Crippen LogP contribution >= 0.6 is 0 Å². The van der Waals surface area contributed by atoms with E-state index < -0.39 is 0 Å². The van der Waals surface area contributed by atoms with Gasteiger partial charge in [-0.1, -0.05) is 0 Å². The van der Waals surface area contributed by atoms with Gasteiger partial charge in [0.1, 0.15) is 5.82 Å². The summed E-state index contributed by atoms with van der Waals surface area (Å²) in [5.41, 5.74) is 6.17. The van der Waals surface area contributed by atoms with Gasteiger partial charge in [0.25, 0.3) is 0 Å². The van der Waals surface area contributed by atoms with Crippen LogP contribution < -0.4 is 5.73 Å². The van der Waals surface area contributed by atoms with E-state index in [1.54, 1.807) is 18.3 Å². The number of primary amides is 1. The normalized spacial score (nSPS) is 19.2. The van der Waals surface area contributed by atoms with Crippen molar-refractivity contribution in [2.75, 3.05) is 13.1 Å². The number of likely N-dealkylation sites (tertiary alicyclic amines) is 1. The van der Waals surface area contributed by atoms with Crippen molar-refractivity contribution in [3.05, 3.63) is 42.2 Å². The minimum atomic E-state index is -0.283. The maximum absolute atomic E-state index is 12.9. The second-order valence-electron chi connectivity index (χ2n) is 5.60. The Kier molecular flexibility index (Phi) is 4.20. The summed E-state index contributed by atoms with van der Waals surface area (Å²) in [4.78, 5) is 17.7. The first-order valence-corrected chi connectivity index (χ1v) is 7.34. The number of oxazole rings is 1. The average Bonchev–Trinajstić information content (AvgIpc) is 2.96. The lowest BCUT2D eigenvalue weighted by Crippen LogP contribution is -2.40. The largest absolute Gasteiger partial charge is 0.439 e. The van der Waals surface area contributed by atoms with Crippen molar-refractivity contribution in [1.29, 1.82) is 0 Å². The first-order chi connectivity index (χ1) is 10.6. The number of halogens is 1. The minimum absolute atomic E-state index is 0.0970. The molecule has 0 radical (unpaired) electrons. The molecule has 0 bridgehead atoms. The smallest absolute Gasteiger partial charge is 0.221 e. The molecule has 0 saturated carbocycles. The molecule has 22 heavy (non-hydrogen) atoms. The van der Waals surface area contributed by atoms with Crippen molar-refractivity contribution in [2.24, 2.45) is 11.7 Å². The Morgan fingerprint density at radius 3 is 2.91 bits per heavy atom. The van der Waals surface area contributed by atoms with Crippen LogP contribution in [0.1, 0.15) is 18.7 Å². The Balaban J connectivity index is 1.66. The summed E-state index contributed by atoms with van der Waals surface area (Å²) >= 11 is 0. The van der Waals surface area contributed by atoms with Crippen LogP contribution in [0.3, 0.4) is 0 Å². The standard InChI is InChI=1S/C16H18FN3O2/c17-13-5-3-11(4-6-13)14-8-19-15(22-14)10-20-7-1-2-12(9-20)16(18)21/h3-6,8,12H,1-2,7,9-10H2,(H2,18,21)/t12-/m0/s1. The number of carbonyl (C=O) groups excluding carboxylic acids is 1. The predicted molar refractivity (Wildman–Crippen MR) is 79.1 cm³/mol. The molecule has 2 aromatic rings. The molecule has 116 valence electrons. The van der Waals surface area contributed by atoms with Crippen molar-refractivity contribution >= 4 is 5.91 Å². The number of amides is 1. The highest BCUT2D eigenvalue weighted by atomic mass is 19.1. The highest BCUT2D eigenvalue weighted by Crippen LogP contribution is 2.23. The maximum atomic E-state index is 12.9. The van der Waals surface area contributed by atoms with Gasteiger partial charge in [0.2, 0.25) is 11.8 Å². The van der Waals surface area contributed by atoms with Crippen LogP contribution in [0.2, 0.25) is 0 Å². The fourth-order valence-corrected chi connectivity index (χ4v) is 2.75. The first-order valence-electron chi connectivity index (χ1n) is 7.34. The number of aromatic nitrogens is 1. The van der Waals surface area contributed by atoms with Gasteiger partial charge in [0.15, 0.2) is 5.76 Å². The molecule has 1 saturated heterocycles. The van der Waals surface area contributed by atoms with Gasteiger partial charge < -0.3 is 10.2 Å². The number of hydrogen-bond acceptors (Lipinski definition) is 4. The Labute approximate surface area is 127 Å². The lowest BCUT2D eigenvalue weighted by atomic mass is 9.97. The number of piperidine rings is 1. The fraction of sp³-hybridized carbons (Fsp3) is 0.375. The topological polar surface area (TPSA) is 72.4 Å². The maximum Gasteiger partial charge on any atom is 0.221 e. The molecule has 1 fully saturated rings. The molecule has 1 amide bonds. The summed E-state index contributed by atoms with van der Waals surface area (Å²) < 4.78 is 18.6. The van der Waals surface area contributed by atoms with E-state index in [-0.39, 0.29) is 17.6 Å². The Hall–Kier alpha value is -2.21. The SMILES string of the molecule is NC(=O)[C@H]1CCCN(Cc2ncc(-c3ccc(F)cc3)o2)C1. The van der Waals surface area contributed by atoms with Crippen molar-refractivity contribution in [3.63, 3.8) is 0 Å². The highest BCUT2D eigenvalue weighted by molar-refractivity contribution is 5.76. The van der Waals surface area contributed by atoms with E-state index in [0.717, 1.165) is 24.9 Å². The summed E-state index contributed by atoms with van der Waals surface area (Å²) in [5, 5.41) is 0. The number of hydrogen-bond donors (Lipinski definition) is 1. The van der Waals surface area contributed by atoms with Crippen LogP contribution in [0, 0.1) is 11.7 Å². The molecule has 1 aromatic carbocycles. The second kappa shape index (κ2) is 6.27. The number of carbonyl (C=O) groups is 1. The minimum Gasteiger partial charge on any atom is -0.439 e. The Morgan fingerprint density at radius 1 is 1.41 bits per heavy atom. The van der Waals surface area contributed by atoms with Gasteiger partial charge in [-0.15, -0.1) is 0 Å². The Bertz CT molecular complexity index is 654. The molecule has 0 aliphatic carbocycles. The predicted octanol–water partition coefficient (Wildman–Crippen LogP) is 2.18. The van der Waals surface area contributed by atoms with Crippen LogP contribution in [0.15, 0.2) is 34.9 Å². The van der Waals surface area contributed by atoms with Crippen molar-refractivity contribution < 1.29 is 13.6 Å². The molecule has 3 rings (SSSR count). The molecule has 0 unspecified atom stereocenters. The third kappa shape index (κ3) is 3.33. The summed E-state index contributed by atoms with van der Waals surface area (Å²) in [5.74, 6) is 0.571. The third-order valence-corrected chi connectivity index (χ3v) is 3.95. The van der Waals surface area contributed by atoms with Crippen LogP contribution in [-0.2, 0) is 11.3 Å². The Morgan fingerprint density at radius 2 is 2.18 bits per heavy atom. The summed E-state index contributed by atoms with van der Waals surface area (Å²) in [6.45, 7) is 2.09. The second-order valence-corrected chi connectivity index (χ2v) is 5.60. The molecule has 2 N–H and O–H groups in total. The van der Waals surface area contributed by atoms with E-state index in [0.29, 0.717) is 24.7 Å². The summed E-state index contributed by atoms with van der Waals surface area (Å²) in [6.07, 6.45) is 3.43. The van der Waals surface area contributed by atoms with Gasteiger partial charge in [0.05, 0.1) is 18.7 Å². The quantitative estimate of drug-likeness (QED) is 0.939. The lowest BCUT2D eigenvalue weighted by Gasteiger charge is -2.29. The van der Waals surface area contributed by atoms with E-state index in [9.17, 15) is 9.18 Å². The van der Waals surface area contributed by atoms with Crippen LogP contribution in [0.4, 0.5) is 4.39 Å². The van der Waals surface area contributed by atoms with Gasteiger partial charge >= 0.3 is 0 Å². The molecular weight excluding hydrogens is 285 g/mol. The molecule has 6 heteroatoms. The van der Waals surface area contributed by atoms with Crippen LogP contribution in [-0.4, -0.2) is 28.9 Å². The molecule has 0 spiro atoms. The number of nitrogens with zero attached hydrogens (tertiary/aromatic N) is 2. The van der Waals surface area contributed by atoms with E-state index in [1.165, 1.54) is 12.1 Å². The van der Waals surface area contributed by atoms with Gasteiger partial charge in [-0.3, -0.25) is 9.69 Å². The number of nitrogens with two attached hydrogens (primary N) is 1. The molecule has 1 atom stereocenters. The fourth-order valence-electron chi connectivity index (χ4n) is 2.75. The molecule has 1 aliphatic heterocycles. The zero-order chi connectivity index (χ0) is 15.5. The van der Waals surface area contributed by atoms with E-state index in [4.69, 9.17) is 10.2 Å². The van der Waals surface area contributed by atoms with Gasteiger partial charge in [0, 0.05) is 12.1 Å². The van der Waals surface area contributed by atoms with E-state index >= 15 is 0 Å². The third-order valence-electron chi connectivity index (χ3n) is 3.95. The highest BCUT2D eigenvalue weighted by Gasteiger charge is 2.24. The number of benzene rings is 1. The molecular formula is C16H18FN3O2. The van der Waals surface area contributed by atoms with E-state index in [1.807, 2.05) is 0 Å². The zero-order valence-corrected chi connectivity index (χ0v) is 12.2. The molecule has 2 heterocycles. The average molecular weight is 303 g/mol. The molecule has 1 aromatic heterocycles. The van der Waals surface area contributed by atoms with Crippen molar-refractivity contribution in [3.8, 4) is 11.3 Å². The van der Waals surface area contributed by atoms with Gasteiger partial charge in [-0.05, 0) is 43.7 Å². The number of rotatable bonds is 4. The summed E-state index contributed by atoms with van der Waals surface area (Å²) in [6, 6.07) is 6.09.